The summed E-state index contributed by atoms with van der Waals surface area (Å²) in [5.74, 6) is 1.06. The van der Waals surface area contributed by atoms with E-state index in [2.05, 4.69) is 0 Å². The van der Waals surface area contributed by atoms with Crippen molar-refractivity contribution in [1.29, 1.82) is 0 Å². The van der Waals surface area contributed by atoms with Gasteiger partial charge in [-0.1, -0.05) is 6.07 Å². The maximum Gasteiger partial charge on any atom is 0.305 e. The zero-order valence-electron chi connectivity index (χ0n) is 11.6. The summed E-state index contributed by atoms with van der Waals surface area (Å²) in [6.45, 7) is 3.37. The van der Waals surface area contributed by atoms with Gasteiger partial charge < -0.3 is 19.3 Å². The van der Waals surface area contributed by atoms with E-state index in [1.165, 1.54) is 0 Å². The van der Waals surface area contributed by atoms with Crippen LogP contribution >= 0.6 is 0 Å². The largest absolute Gasteiger partial charge is 0.490 e. The number of carbonyl (C=O) groups is 1. The number of fused-ring (bicyclic) bond motifs is 1. The molecule has 1 heterocycles. The fourth-order valence-electron chi connectivity index (χ4n) is 2.04. The molecule has 0 aromatic heterocycles. The lowest BCUT2D eigenvalue weighted by Gasteiger charge is -2.13. The molecule has 1 aromatic carbocycles. The van der Waals surface area contributed by atoms with Crippen LogP contribution in [0, 0.1) is 0 Å². The van der Waals surface area contributed by atoms with Crippen LogP contribution in [0.15, 0.2) is 18.2 Å². The smallest absolute Gasteiger partial charge is 0.305 e. The highest BCUT2D eigenvalue weighted by molar-refractivity contribution is 5.69. The first-order valence-electron chi connectivity index (χ1n) is 6.94. The normalized spacial score (nSPS) is 15.3. The highest BCUT2D eigenvalue weighted by Crippen LogP contribution is 2.33. The Hall–Kier alpha value is -1.75. The number of ether oxygens (including phenoxy) is 3. The van der Waals surface area contributed by atoms with Gasteiger partial charge in [-0.3, -0.25) is 4.79 Å². The highest BCUT2D eigenvalue weighted by Gasteiger charge is 2.15. The number of hydrogen-bond donors (Lipinski definition) is 1. The van der Waals surface area contributed by atoms with Crippen molar-refractivity contribution >= 4 is 5.97 Å². The molecule has 5 nitrogen and oxygen atoms in total. The number of carbonyl (C=O) groups excluding carboxylic acids is 1. The Morgan fingerprint density at radius 1 is 1.35 bits per heavy atom. The van der Waals surface area contributed by atoms with Crippen LogP contribution in [0.3, 0.4) is 0 Å². The molecule has 0 spiro atoms. The zero-order valence-corrected chi connectivity index (χ0v) is 11.6. The van der Waals surface area contributed by atoms with Gasteiger partial charge in [-0.2, -0.15) is 0 Å². The minimum absolute atomic E-state index is 0.198. The number of benzene rings is 1. The van der Waals surface area contributed by atoms with Crippen LogP contribution in [0.1, 0.15) is 37.9 Å². The van der Waals surface area contributed by atoms with Crippen LogP contribution in [0.4, 0.5) is 0 Å². The Bertz CT molecular complexity index is 458. The van der Waals surface area contributed by atoms with E-state index in [0.717, 1.165) is 12.0 Å². The summed E-state index contributed by atoms with van der Waals surface area (Å²) in [6, 6.07) is 5.36. The van der Waals surface area contributed by atoms with E-state index >= 15 is 0 Å². The van der Waals surface area contributed by atoms with Crippen LogP contribution < -0.4 is 9.47 Å². The second-order valence-electron chi connectivity index (χ2n) is 4.62. The minimum atomic E-state index is -0.712. The molecule has 2 rings (SSSR count). The Morgan fingerprint density at radius 3 is 2.85 bits per heavy atom. The van der Waals surface area contributed by atoms with Crippen molar-refractivity contribution < 1.29 is 24.1 Å². The van der Waals surface area contributed by atoms with Crippen molar-refractivity contribution in [3.8, 4) is 11.5 Å². The van der Waals surface area contributed by atoms with Gasteiger partial charge in [0.25, 0.3) is 0 Å². The molecule has 1 aromatic rings. The summed E-state index contributed by atoms with van der Waals surface area (Å²) >= 11 is 0. The van der Waals surface area contributed by atoms with E-state index in [0.29, 0.717) is 37.7 Å². The van der Waals surface area contributed by atoms with E-state index in [9.17, 15) is 9.90 Å². The summed E-state index contributed by atoms with van der Waals surface area (Å²) in [5, 5.41) is 10.1. The maximum atomic E-state index is 11.3. The van der Waals surface area contributed by atoms with Crippen molar-refractivity contribution in [2.45, 2.75) is 32.3 Å². The molecule has 1 aliphatic heterocycles. The van der Waals surface area contributed by atoms with Crippen LogP contribution in [0.25, 0.3) is 0 Å². The highest BCUT2D eigenvalue weighted by atomic mass is 16.5. The summed E-state index contributed by atoms with van der Waals surface area (Å²) in [4.78, 5) is 11.3. The van der Waals surface area contributed by atoms with Gasteiger partial charge in [-0.25, -0.2) is 0 Å². The third-order valence-electron chi connectivity index (χ3n) is 3.08. The molecule has 5 heteroatoms. The third-order valence-corrected chi connectivity index (χ3v) is 3.08. The molecule has 0 aliphatic carbocycles. The molecule has 0 fully saturated rings. The van der Waals surface area contributed by atoms with Gasteiger partial charge in [0, 0.05) is 12.8 Å². The first-order valence-corrected chi connectivity index (χ1v) is 6.94. The fraction of sp³-hybridized carbons (Fsp3) is 0.533. The molecule has 1 N–H and O–H groups in total. The molecule has 20 heavy (non-hydrogen) atoms. The number of aliphatic hydroxyl groups is 1. The topological polar surface area (TPSA) is 65.0 Å². The second-order valence-corrected chi connectivity index (χ2v) is 4.62. The van der Waals surface area contributed by atoms with Gasteiger partial charge in [0.2, 0.25) is 0 Å². The van der Waals surface area contributed by atoms with Crippen LogP contribution in [-0.4, -0.2) is 30.9 Å². The van der Waals surface area contributed by atoms with E-state index in [4.69, 9.17) is 14.2 Å². The average Bonchev–Trinajstić information content (AvgIpc) is 2.69. The Balaban J connectivity index is 1.98. The predicted octanol–water partition coefficient (Wildman–Crippen LogP) is 2.22. The summed E-state index contributed by atoms with van der Waals surface area (Å²) in [7, 11) is 0. The second kappa shape index (κ2) is 7.14. The van der Waals surface area contributed by atoms with E-state index in [-0.39, 0.29) is 12.4 Å². The van der Waals surface area contributed by atoms with Crippen molar-refractivity contribution in [2.75, 3.05) is 19.8 Å². The van der Waals surface area contributed by atoms with E-state index in [1.807, 2.05) is 0 Å². The summed E-state index contributed by atoms with van der Waals surface area (Å²) < 4.78 is 15.9. The van der Waals surface area contributed by atoms with Crippen molar-refractivity contribution in [3.05, 3.63) is 23.8 Å². The lowest BCUT2D eigenvalue weighted by Crippen LogP contribution is -2.07. The van der Waals surface area contributed by atoms with Gasteiger partial charge in [0.05, 0.1) is 25.9 Å². The fourth-order valence-corrected chi connectivity index (χ4v) is 2.04. The zero-order chi connectivity index (χ0) is 14.4. The predicted molar refractivity (Wildman–Crippen MR) is 72.9 cm³/mol. The lowest BCUT2D eigenvalue weighted by molar-refractivity contribution is -0.143. The van der Waals surface area contributed by atoms with E-state index in [1.54, 1.807) is 25.1 Å². The number of aliphatic hydroxyl groups excluding tert-OH is 1. The Labute approximate surface area is 118 Å². The standard InChI is InChI=1S/C15H20O5/c1-2-18-15(17)7-5-12(16)11-4-6-13-14(10-11)20-9-3-8-19-13/h4,6,10,12,16H,2-3,5,7-9H2,1H3. The molecule has 1 atom stereocenters. The molecule has 0 amide bonds. The molecule has 0 saturated carbocycles. The monoisotopic (exact) mass is 280 g/mol. The van der Waals surface area contributed by atoms with Crippen LogP contribution in [-0.2, 0) is 9.53 Å². The molecular formula is C15H20O5. The van der Waals surface area contributed by atoms with Gasteiger partial charge in [0.15, 0.2) is 11.5 Å². The third kappa shape index (κ3) is 3.87. The Morgan fingerprint density at radius 2 is 2.10 bits per heavy atom. The molecule has 1 aliphatic rings. The van der Waals surface area contributed by atoms with Crippen molar-refractivity contribution in [2.24, 2.45) is 0 Å². The first-order chi connectivity index (χ1) is 9.70. The molecule has 110 valence electrons. The number of rotatable bonds is 5. The summed E-state index contributed by atoms with van der Waals surface area (Å²) in [5.41, 5.74) is 0.721. The SMILES string of the molecule is CCOC(=O)CCC(O)c1ccc2c(c1)OCCCO2. The molecule has 0 saturated heterocycles. The first kappa shape index (κ1) is 14.7. The van der Waals surface area contributed by atoms with E-state index < -0.39 is 6.10 Å². The summed E-state index contributed by atoms with van der Waals surface area (Å²) in [6.07, 6.45) is 0.661. The molecule has 0 bridgehead atoms. The molecule has 0 radical (unpaired) electrons. The van der Waals surface area contributed by atoms with Gasteiger partial charge in [0.1, 0.15) is 0 Å². The molecular weight excluding hydrogens is 260 g/mol. The van der Waals surface area contributed by atoms with Crippen molar-refractivity contribution in [3.63, 3.8) is 0 Å². The minimum Gasteiger partial charge on any atom is -0.490 e. The molecule has 1 unspecified atom stereocenters. The number of hydrogen-bond acceptors (Lipinski definition) is 5. The van der Waals surface area contributed by atoms with Gasteiger partial charge >= 0.3 is 5.97 Å². The lowest BCUT2D eigenvalue weighted by atomic mass is 10.0. The number of esters is 1. The van der Waals surface area contributed by atoms with Crippen LogP contribution in [0.2, 0.25) is 0 Å². The van der Waals surface area contributed by atoms with Gasteiger partial charge in [-0.05, 0) is 31.0 Å². The van der Waals surface area contributed by atoms with Crippen molar-refractivity contribution in [1.82, 2.24) is 0 Å². The quantitative estimate of drug-likeness (QED) is 0.838. The maximum absolute atomic E-state index is 11.3. The Kier molecular flexibility index (Phi) is 5.24. The van der Waals surface area contributed by atoms with Crippen LogP contribution in [0.5, 0.6) is 11.5 Å². The van der Waals surface area contributed by atoms with Gasteiger partial charge in [-0.15, -0.1) is 0 Å². The average molecular weight is 280 g/mol.